The Morgan fingerprint density at radius 3 is 2.33 bits per heavy atom. The number of ether oxygens (including phenoxy) is 3. The van der Waals surface area contributed by atoms with Crippen molar-refractivity contribution in [1.82, 2.24) is 0 Å². The van der Waals surface area contributed by atoms with Gasteiger partial charge in [0.25, 0.3) is 0 Å². The summed E-state index contributed by atoms with van der Waals surface area (Å²) in [7, 11) is 0. The zero-order valence-electron chi connectivity index (χ0n) is 16.6. The zero-order chi connectivity index (χ0) is 17.7. The molecule has 1 fully saturated rings. The van der Waals surface area contributed by atoms with E-state index in [0.717, 1.165) is 18.9 Å². The van der Waals surface area contributed by atoms with Crippen LogP contribution in [0.1, 0.15) is 67.2 Å². The molecule has 2 aliphatic carbocycles. The largest absolute Gasteiger partial charge is 0.374 e. The van der Waals surface area contributed by atoms with E-state index < -0.39 is 0 Å². The summed E-state index contributed by atoms with van der Waals surface area (Å²) in [5.41, 5.74) is 1.91. The van der Waals surface area contributed by atoms with Crippen molar-refractivity contribution in [3.05, 3.63) is 11.6 Å². The van der Waals surface area contributed by atoms with Gasteiger partial charge in [0, 0.05) is 25.7 Å². The first-order valence-corrected chi connectivity index (χ1v) is 9.95. The van der Waals surface area contributed by atoms with E-state index >= 15 is 0 Å². The summed E-state index contributed by atoms with van der Waals surface area (Å²) in [4.78, 5) is 0. The standard InChI is InChI=1S/C21H38O3/c1-7-22-16-12-15(4)10-11-19-18(14-21(19,5)6)17(13-16)20(23-8-2)24-9-3/h12,16-20H,7-11,13-14H2,1-6H3/b15-12-. The van der Waals surface area contributed by atoms with Crippen LogP contribution in [0, 0.1) is 23.2 Å². The third kappa shape index (κ3) is 4.62. The van der Waals surface area contributed by atoms with Crippen molar-refractivity contribution >= 4 is 0 Å². The first-order valence-electron chi connectivity index (χ1n) is 9.95. The Hall–Kier alpha value is -0.380. The summed E-state index contributed by atoms with van der Waals surface area (Å²) in [6.07, 6.45) is 7.19. The Balaban J connectivity index is 2.26. The van der Waals surface area contributed by atoms with Crippen molar-refractivity contribution in [1.29, 1.82) is 0 Å². The Kier molecular flexibility index (Phi) is 7.33. The van der Waals surface area contributed by atoms with E-state index in [-0.39, 0.29) is 12.4 Å². The van der Waals surface area contributed by atoms with Gasteiger partial charge >= 0.3 is 0 Å². The molecule has 1 saturated carbocycles. The lowest BCUT2D eigenvalue weighted by molar-refractivity contribution is -0.210. The maximum Gasteiger partial charge on any atom is 0.160 e. The van der Waals surface area contributed by atoms with E-state index in [1.807, 2.05) is 0 Å². The highest BCUT2D eigenvalue weighted by Gasteiger charge is 2.52. The molecule has 4 unspecified atom stereocenters. The van der Waals surface area contributed by atoms with Crippen LogP contribution in [0.5, 0.6) is 0 Å². The lowest BCUT2D eigenvalue weighted by atomic mass is 9.50. The quantitative estimate of drug-likeness (QED) is 0.472. The fourth-order valence-electron chi connectivity index (χ4n) is 4.94. The average Bonchev–Trinajstić information content (AvgIpc) is 2.55. The molecule has 0 heterocycles. The normalized spacial score (nSPS) is 35.2. The Morgan fingerprint density at radius 1 is 1.12 bits per heavy atom. The summed E-state index contributed by atoms with van der Waals surface area (Å²) in [6, 6.07) is 0. The minimum atomic E-state index is -0.0987. The van der Waals surface area contributed by atoms with Crippen LogP contribution in [0.15, 0.2) is 11.6 Å². The fraction of sp³-hybridized carbons (Fsp3) is 0.905. The Morgan fingerprint density at radius 2 is 1.79 bits per heavy atom. The molecule has 0 spiro atoms. The molecule has 0 aliphatic heterocycles. The van der Waals surface area contributed by atoms with Crippen LogP contribution >= 0.6 is 0 Å². The smallest absolute Gasteiger partial charge is 0.160 e. The van der Waals surface area contributed by atoms with E-state index in [2.05, 4.69) is 47.6 Å². The van der Waals surface area contributed by atoms with Crippen molar-refractivity contribution in [3.63, 3.8) is 0 Å². The minimum absolute atomic E-state index is 0.0987. The van der Waals surface area contributed by atoms with Gasteiger partial charge in [-0.2, -0.15) is 0 Å². The molecule has 0 bridgehead atoms. The van der Waals surface area contributed by atoms with Gasteiger partial charge in [-0.1, -0.05) is 25.5 Å². The summed E-state index contributed by atoms with van der Waals surface area (Å²) in [6.45, 7) is 15.5. The van der Waals surface area contributed by atoms with Crippen LogP contribution in [0.25, 0.3) is 0 Å². The molecule has 24 heavy (non-hydrogen) atoms. The summed E-state index contributed by atoms with van der Waals surface area (Å²) < 4.78 is 18.1. The van der Waals surface area contributed by atoms with Crippen LogP contribution in [0.2, 0.25) is 0 Å². The SMILES string of the molecule is CCOC1/C=C(/C)CCC2C(CC2(C)C)C(C(OCC)OCC)C1. The van der Waals surface area contributed by atoms with Crippen molar-refractivity contribution in [2.24, 2.45) is 23.2 Å². The molecule has 2 aliphatic rings. The highest BCUT2D eigenvalue weighted by Crippen LogP contribution is 2.58. The lowest BCUT2D eigenvalue weighted by Gasteiger charge is -2.56. The first kappa shape index (κ1) is 19.9. The summed E-state index contributed by atoms with van der Waals surface area (Å²) >= 11 is 0. The molecular formula is C21H38O3. The lowest BCUT2D eigenvalue weighted by Crippen LogP contribution is -2.51. The monoisotopic (exact) mass is 338 g/mol. The number of hydrogen-bond donors (Lipinski definition) is 0. The van der Waals surface area contributed by atoms with E-state index in [4.69, 9.17) is 14.2 Å². The number of rotatable bonds is 7. The molecule has 0 N–H and O–H groups in total. The van der Waals surface area contributed by atoms with Crippen molar-refractivity contribution in [2.45, 2.75) is 79.6 Å². The van der Waals surface area contributed by atoms with Crippen molar-refractivity contribution in [2.75, 3.05) is 19.8 Å². The maximum absolute atomic E-state index is 6.05. The summed E-state index contributed by atoms with van der Waals surface area (Å²) in [5, 5.41) is 0. The number of allylic oxidation sites excluding steroid dienone is 1. The third-order valence-corrected chi connectivity index (χ3v) is 6.05. The Labute approximate surface area is 149 Å². The van der Waals surface area contributed by atoms with Gasteiger partial charge in [0.05, 0.1) is 6.10 Å². The van der Waals surface area contributed by atoms with E-state index in [0.29, 0.717) is 30.5 Å². The van der Waals surface area contributed by atoms with Crippen LogP contribution in [-0.2, 0) is 14.2 Å². The van der Waals surface area contributed by atoms with Crippen LogP contribution in [-0.4, -0.2) is 32.2 Å². The highest BCUT2D eigenvalue weighted by molar-refractivity contribution is 5.09. The Bertz CT molecular complexity index is 409. The molecule has 0 aromatic rings. The molecular weight excluding hydrogens is 300 g/mol. The topological polar surface area (TPSA) is 27.7 Å². The molecule has 3 heteroatoms. The molecule has 0 aromatic heterocycles. The van der Waals surface area contributed by atoms with Crippen molar-refractivity contribution in [3.8, 4) is 0 Å². The number of fused-ring (bicyclic) bond motifs is 1. The molecule has 0 radical (unpaired) electrons. The average molecular weight is 339 g/mol. The van der Waals surface area contributed by atoms with E-state index in [1.165, 1.54) is 24.8 Å². The van der Waals surface area contributed by atoms with E-state index in [9.17, 15) is 0 Å². The van der Waals surface area contributed by atoms with Gasteiger partial charge in [0.15, 0.2) is 6.29 Å². The molecule has 3 nitrogen and oxygen atoms in total. The summed E-state index contributed by atoms with van der Waals surface area (Å²) in [5.74, 6) is 1.86. The molecule has 2 rings (SSSR count). The van der Waals surface area contributed by atoms with Gasteiger partial charge in [-0.25, -0.2) is 0 Å². The van der Waals surface area contributed by atoms with Gasteiger partial charge in [-0.3, -0.25) is 0 Å². The number of hydrogen-bond acceptors (Lipinski definition) is 3. The second-order valence-electron chi connectivity index (χ2n) is 8.19. The predicted octanol–water partition coefficient (Wildman–Crippen LogP) is 5.20. The highest BCUT2D eigenvalue weighted by atomic mass is 16.7. The van der Waals surface area contributed by atoms with Crippen molar-refractivity contribution < 1.29 is 14.2 Å². The fourth-order valence-corrected chi connectivity index (χ4v) is 4.94. The van der Waals surface area contributed by atoms with Gasteiger partial charge in [0.1, 0.15) is 0 Å². The second-order valence-corrected chi connectivity index (χ2v) is 8.19. The third-order valence-electron chi connectivity index (χ3n) is 6.05. The predicted molar refractivity (Wildman–Crippen MR) is 98.9 cm³/mol. The van der Waals surface area contributed by atoms with Gasteiger partial charge in [-0.15, -0.1) is 0 Å². The molecule has 0 saturated heterocycles. The van der Waals surface area contributed by atoms with Gasteiger partial charge in [0.2, 0.25) is 0 Å². The molecule has 0 aromatic carbocycles. The second kappa shape index (κ2) is 8.82. The molecule has 0 amide bonds. The minimum Gasteiger partial charge on any atom is -0.374 e. The van der Waals surface area contributed by atoms with Gasteiger partial charge in [-0.05, 0) is 70.6 Å². The van der Waals surface area contributed by atoms with E-state index in [1.54, 1.807) is 0 Å². The van der Waals surface area contributed by atoms with Gasteiger partial charge < -0.3 is 14.2 Å². The molecule has 140 valence electrons. The van der Waals surface area contributed by atoms with Crippen LogP contribution in [0.4, 0.5) is 0 Å². The zero-order valence-corrected chi connectivity index (χ0v) is 16.6. The van der Waals surface area contributed by atoms with Crippen LogP contribution in [0.3, 0.4) is 0 Å². The molecule has 4 atom stereocenters. The first-order chi connectivity index (χ1) is 11.4. The van der Waals surface area contributed by atoms with Crippen LogP contribution < -0.4 is 0 Å². The maximum atomic E-state index is 6.05.